The summed E-state index contributed by atoms with van der Waals surface area (Å²) in [6, 6.07) is 0. The maximum absolute atomic E-state index is 13.6. The topological polar surface area (TPSA) is 26.3 Å². The first-order chi connectivity index (χ1) is 11.6. The Kier molecular flexibility index (Phi) is 6.80. The standard InChI is InChI=1S/C12H11F13O2/c1-3-5(2)6(26)27-4-7(10(17,18)19,11(20,21)22)8(13,14)9(15,16)12(23,24)25/h5H,3-4H2,1-2H3. The maximum atomic E-state index is 13.6. The Morgan fingerprint density at radius 2 is 1.11 bits per heavy atom. The van der Waals surface area contributed by atoms with Crippen molar-refractivity contribution < 1.29 is 66.6 Å². The van der Waals surface area contributed by atoms with Crippen LogP contribution in [0.5, 0.6) is 0 Å². The Hall–Kier alpha value is -1.44. The Morgan fingerprint density at radius 3 is 1.37 bits per heavy atom. The first-order valence-electron chi connectivity index (χ1n) is 6.74. The fourth-order valence-electron chi connectivity index (χ4n) is 1.71. The highest BCUT2D eigenvalue weighted by Crippen LogP contribution is 2.65. The Labute approximate surface area is 142 Å². The van der Waals surface area contributed by atoms with Gasteiger partial charge in [0, 0.05) is 0 Å². The van der Waals surface area contributed by atoms with Crippen LogP contribution in [-0.2, 0) is 9.53 Å². The summed E-state index contributed by atoms with van der Waals surface area (Å²) in [5.41, 5.74) is -7.02. The van der Waals surface area contributed by atoms with Gasteiger partial charge in [0.2, 0.25) is 0 Å². The van der Waals surface area contributed by atoms with Gasteiger partial charge in [0.15, 0.2) is 0 Å². The van der Waals surface area contributed by atoms with Crippen molar-refractivity contribution in [3.63, 3.8) is 0 Å². The molecule has 27 heavy (non-hydrogen) atoms. The van der Waals surface area contributed by atoms with Gasteiger partial charge in [-0.15, -0.1) is 0 Å². The molecule has 1 atom stereocenters. The van der Waals surface area contributed by atoms with E-state index in [0.29, 0.717) is 0 Å². The third kappa shape index (κ3) is 4.05. The van der Waals surface area contributed by atoms with E-state index in [1.54, 1.807) is 0 Å². The Balaban J connectivity index is 6.65. The minimum atomic E-state index is -7.80. The first kappa shape index (κ1) is 25.6. The van der Waals surface area contributed by atoms with Gasteiger partial charge in [-0.25, -0.2) is 0 Å². The molecular formula is C12H11F13O2. The molecule has 0 rings (SSSR count). The van der Waals surface area contributed by atoms with E-state index < -0.39 is 54.3 Å². The molecule has 0 amide bonds. The summed E-state index contributed by atoms with van der Waals surface area (Å²) in [6.07, 6.45) is -22.5. The van der Waals surface area contributed by atoms with E-state index >= 15 is 0 Å². The highest BCUT2D eigenvalue weighted by atomic mass is 19.4. The van der Waals surface area contributed by atoms with Gasteiger partial charge < -0.3 is 4.74 Å². The van der Waals surface area contributed by atoms with Crippen LogP contribution in [-0.4, -0.2) is 43.0 Å². The predicted molar refractivity (Wildman–Crippen MR) is 60.9 cm³/mol. The van der Waals surface area contributed by atoms with E-state index in [1.807, 2.05) is 0 Å². The normalized spacial score (nSPS) is 16.3. The van der Waals surface area contributed by atoms with Gasteiger partial charge >= 0.3 is 36.3 Å². The van der Waals surface area contributed by atoms with Gasteiger partial charge in [0.1, 0.15) is 6.61 Å². The molecule has 0 fully saturated rings. The average Bonchev–Trinajstić information content (AvgIpc) is 2.41. The monoisotopic (exact) mass is 434 g/mol. The SMILES string of the molecule is CCC(C)C(=O)OCC(C(F)(F)F)(C(F)(F)F)C(F)(F)C(F)(F)C(F)(F)F. The molecule has 0 spiro atoms. The fraction of sp³-hybridized carbons (Fsp3) is 0.917. The molecule has 0 aliphatic heterocycles. The number of ether oxygens (including phenoxy) is 1. The van der Waals surface area contributed by atoms with Gasteiger partial charge in [0.25, 0.3) is 5.41 Å². The highest BCUT2D eigenvalue weighted by Gasteiger charge is 2.92. The lowest BCUT2D eigenvalue weighted by molar-refractivity contribution is -0.464. The number of rotatable bonds is 6. The van der Waals surface area contributed by atoms with Crippen LogP contribution in [0, 0.1) is 11.3 Å². The molecule has 0 aromatic rings. The number of carbonyl (C=O) groups is 1. The lowest BCUT2D eigenvalue weighted by atomic mass is 9.76. The summed E-state index contributed by atoms with van der Waals surface area (Å²) in [6.45, 7) is -1.46. The largest absolute Gasteiger partial charge is 0.464 e. The summed E-state index contributed by atoms with van der Waals surface area (Å²) in [4.78, 5) is 11.2. The van der Waals surface area contributed by atoms with Crippen molar-refractivity contribution in [3.05, 3.63) is 0 Å². The molecule has 15 heteroatoms. The number of hydrogen-bond acceptors (Lipinski definition) is 2. The zero-order chi connectivity index (χ0) is 22.3. The second kappa shape index (κ2) is 7.18. The van der Waals surface area contributed by atoms with Gasteiger partial charge in [-0.3, -0.25) is 4.79 Å². The minimum Gasteiger partial charge on any atom is -0.464 e. The second-order valence-electron chi connectivity index (χ2n) is 5.46. The van der Waals surface area contributed by atoms with Gasteiger partial charge in [0.05, 0.1) is 5.92 Å². The lowest BCUT2D eigenvalue weighted by Gasteiger charge is -2.44. The van der Waals surface area contributed by atoms with Crippen molar-refractivity contribution >= 4 is 5.97 Å². The molecule has 0 aromatic heterocycles. The van der Waals surface area contributed by atoms with Crippen LogP contribution in [0.3, 0.4) is 0 Å². The van der Waals surface area contributed by atoms with Crippen molar-refractivity contribution in [2.24, 2.45) is 11.3 Å². The summed E-state index contributed by atoms with van der Waals surface area (Å²) < 4.78 is 171. The zero-order valence-corrected chi connectivity index (χ0v) is 13.2. The third-order valence-electron chi connectivity index (χ3n) is 3.70. The number of esters is 1. The molecule has 0 aliphatic rings. The van der Waals surface area contributed by atoms with Crippen LogP contribution >= 0.6 is 0 Å². The van der Waals surface area contributed by atoms with Crippen LogP contribution in [0.25, 0.3) is 0 Å². The van der Waals surface area contributed by atoms with Crippen molar-refractivity contribution in [1.29, 1.82) is 0 Å². The van der Waals surface area contributed by atoms with E-state index in [2.05, 4.69) is 4.74 Å². The molecule has 1 unspecified atom stereocenters. The van der Waals surface area contributed by atoms with Crippen LogP contribution in [0.2, 0.25) is 0 Å². The quantitative estimate of drug-likeness (QED) is 0.407. The molecule has 0 radical (unpaired) electrons. The number of hydrogen-bond donors (Lipinski definition) is 0. The van der Waals surface area contributed by atoms with Crippen LogP contribution in [0.1, 0.15) is 20.3 Å². The smallest absolute Gasteiger partial charge is 0.459 e. The van der Waals surface area contributed by atoms with E-state index in [4.69, 9.17) is 0 Å². The Morgan fingerprint density at radius 1 is 0.741 bits per heavy atom. The maximum Gasteiger partial charge on any atom is 0.459 e. The minimum absolute atomic E-state index is 0.265. The van der Waals surface area contributed by atoms with Gasteiger partial charge in [-0.05, 0) is 6.42 Å². The van der Waals surface area contributed by atoms with Crippen LogP contribution < -0.4 is 0 Å². The molecule has 0 heterocycles. The molecule has 0 bridgehead atoms. The molecule has 2 nitrogen and oxygen atoms in total. The van der Waals surface area contributed by atoms with Crippen molar-refractivity contribution in [2.45, 2.75) is 50.6 Å². The van der Waals surface area contributed by atoms with Crippen molar-refractivity contribution in [1.82, 2.24) is 0 Å². The zero-order valence-electron chi connectivity index (χ0n) is 13.2. The van der Waals surface area contributed by atoms with E-state index in [-0.39, 0.29) is 6.42 Å². The summed E-state index contributed by atoms with van der Waals surface area (Å²) in [5, 5.41) is 0. The first-order valence-corrected chi connectivity index (χ1v) is 6.74. The molecular weight excluding hydrogens is 423 g/mol. The molecule has 0 aliphatic carbocycles. The second-order valence-corrected chi connectivity index (χ2v) is 5.46. The molecule has 0 aromatic carbocycles. The number of alkyl halides is 13. The fourth-order valence-corrected chi connectivity index (χ4v) is 1.71. The number of carbonyl (C=O) groups excluding carboxylic acids is 1. The van der Waals surface area contributed by atoms with Crippen LogP contribution in [0.15, 0.2) is 0 Å². The van der Waals surface area contributed by atoms with E-state index in [1.165, 1.54) is 6.92 Å². The van der Waals surface area contributed by atoms with E-state index in [0.717, 1.165) is 6.92 Å². The van der Waals surface area contributed by atoms with E-state index in [9.17, 15) is 61.9 Å². The van der Waals surface area contributed by atoms with Gasteiger partial charge in [-0.1, -0.05) is 13.8 Å². The molecule has 0 saturated heterocycles. The molecule has 162 valence electrons. The Bertz CT molecular complexity index is 515. The summed E-state index contributed by atoms with van der Waals surface area (Å²) in [5.74, 6) is -18.9. The predicted octanol–water partition coefficient (Wildman–Crippen LogP) is 5.52. The van der Waals surface area contributed by atoms with Gasteiger partial charge in [-0.2, -0.15) is 57.1 Å². The summed E-state index contributed by atoms with van der Waals surface area (Å²) in [7, 11) is 0. The highest BCUT2D eigenvalue weighted by molar-refractivity contribution is 5.71. The lowest BCUT2D eigenvalue weighted by Crippen LogP contribution is -2.72. The molecule has 0 saturated carbocycles. The molecule has 0 N–H and O–H groups in total. The van der Waals surface area contributed by atoms with Crippen molar-refractivity contribution in [3.8, 4) is 0 Å². The van der Waals surface area contributed by atoms with Crippen LogP contribution in [0.4, 0.5) is 57.1 Å². The average molecular weight is 434 g/mol. The summed E-state index contributed by atoms with van der Waals surface area (Å²) >= 11 is 0. The van der Waals surface area contributed by atoms with Crippen molar-refractivity contribution in [2.75, 3.05) is 6.61 Å². The third-order valence-corrected chi connectivity index (χ3v) is 3.70. The number of halogens is 13.